The lowest BCUT2D eigenvalue weighted by Crippen LogP contribution is -1.92. The molecular weight excluding hydrogens is 444 g/mol. The van der Waals surface area contributed by atoms with Gasteiger partial charge in [-0.3, -0.25) is 0 Å². The number of fused-ring (bicyclic) bond motifs is 2. The van der Waals surface area contributed by atoms with Crippen molar-refractivity contribution < 1.29 is 4.74 Å². The van der Waals surface area contributed by atoms with Crippen molar-refractivity contribution in [2.45, 2.75) is 0 Å². The Morgan fingerprint density at radius 1 is 0.600 bits per heavy atom. The van der Waals surface area contributed by atoms with Crippen LogP contribution in [0.3, 0.4) is 0 Å². The van der Waals surface area contributed by atoms with Gasteiger partial charge in [-0.05, 0) is 91.2 Å². The Labute approximate surface area is 161 Å². The summed E-state index contributed by atoms with van der Waals surface area (Å²) in [5.41, 5.74) is 13.3. The molecule has 0 fully saturated rings. The highest BCUT2D eigenvalue weighted by Crippen LogP contribution is 2.42. The first-order valence-electron chi connectivity index (χ1n) is 7.66. The van der Waals surface area contributed by atoms with E-state index in [0.717, 1.165) is 53.4 Å². The molecule has 0 saturated carbocycles. The smallest absolute Gasteiger partial charge is 0.149 e. The summed E-state index contributed by atoms with van der Waals surface area (Å²) in [6.45, 7) is 0. The summed E-state index contributed by atoms with van der Waals surface area (Å²) < 4.78 is 8.13. The highest BCUT2D eigenvalue weighted by Gasteiger charge is 2.14. The lowest BCUT2D eigenvalue weighted by atomic mass is 10.1. The zero-order valence-electron chi connectivity index (χ0n) is 13.1. The molecule has 0 heterocycles. The minimum Gasteiger partial charge on any atom is -0.454 e. The number of nitrogen functional groups attached to an aromatic ring is 2. The summed E-state index contributed by atoms with van der Waals surface area (Å²) >= 11 is 7.20. The quantitative estimate of drug-likeness (QED) is 0.339. The van der Waals surface area contributed by atoms with Crippen molar-refractivity contribution in [2.75, 3.05) is 11.5 Å². The third-order valence-electron chi connectivity index (χ3n) is 4.10. The minimum atomic E-state index is 0.725. The van der Waals surface area contributed by atoms with Crippen LogP contribution in [-0.2, 0) is 0 Å². The number of rotatable bonds is 2. The zero-order valence-corrected chi connectivity index (χ0v) is 16.3. The lowest BCUT2D eigenvalue weighted by Gasteiger charge is -2.15. The molecular formula is C20H14Br2N2O. The van der Waals surface area contributed by atoms with Crippen LogP contribution in [0.25, 0.3) is 21.5 Å². The van der Waals surface area contributed by atoms with Crippen LogP contribution in [0, 0.1) is 0 Å². The Balaban J connectivity index is 1.94. The lowest BCUT2D eigenvalue weighted by molar-refractivity contribution is 0.488. The molecule has 0 saturated heterocycles. The predicted molar refractivity (Wildman–Crippen MR) is 112 cm³/mol. The van der Waals surface area contributed by atoms with Crippen molar-refractivity contribution in [3.8, 4) is 11.5 Å². The number of hydrogen-bond acceptors (Lipinski definition) is 3. The Hall–Kier alpha value is -2.24. The van der Waals surface area contributed by atoms with Gasteiger partial charge in [0.2, 0.25) is 0 Å². The fraction of sp³-hybridized carbons (Fsp3) is 0. The first kappa shape index (κ1) is 16.2. The van der Waals surface area contributed by atoms with E-state index < -0.39 is 0 Å². The van der Waals surface area contributed by atoms with Crippen molar-refractivity contribution in [1.82, 2.24) is 0 Å². The topological polar surface area (TPSA) is 61.3 Å². The van der Waals surface area contributed by atoms with Gasteiger partial charge >= 0.3 is 0 Å². The molecule has 0 unspecified atom stereocenters. The molecule has 3 nitrogen and oxygen atoms in total. The maximum Gasteiger partial charge on any atom is 0.149 e. The van der Waals surface area contributed by atoms with Crippen molar-refractivity contribution in [3.05, 3.63) is 69.6 Å². The van der Waals surface area contributed by atoms with Gasteiger partial charge in [-0.25, -0.2) is 0 Å². The van der Waals surface area contributed by atoms with Crippen molar-refractivity contribution >= 4 is 64.8 Å². The molecule has 124 valence electrons. The van der Waals surface area contributed by atoms with Gasteiger partial charge in [0, 0.05) is 22.1 Å². The Morgan fingerprint density at radius 3 is 1.48 bits per heavy atom. The summed E-state index contributed by atoms with van der Waals surface area (Å²) in [6, 6.07) is 19.5. The fourth-order valence-corrected chi connectivity index (χ4v) is 3.75. The molecule has 4 N–H and O–H groups in total. The fourth-order valence-electron chi connectivity index (χ4n) is 2.90. The van der Waals surface area contributed by atoms with E-state index >= 15 is 0 Å². The van der Waals surface area contributed by atoms with E-state index in [-0.39, 0.29) is 0 Å². The van der Waals surface area contributed by atoms with Crippen LogP contribution >= 0.6 is 31.9 Å². The van der Waals surface area contributed by atoms with E-state index in [1.807, 2.05) is 60.7 Å². The van der Waals surface area contributed by atoms with Crippen LogP contribution in [0.1, 0.15) is 0 Å². The van der Waals surface area contributed by atoms with Crippen LogP contribution in [0.2, 0.25) is 0 Å². The van der Waals surface area contributed by atoms with Crippen molar-refractivity contribution in [3.63, 3.8) is 0 Å². The normalized spacial score (nSPS) is 11.1. The third-order valence-corrected chi connectivity index (χ3v) is 5.35. The molecule has 4 rings (SSSR count). The average Bonchev–Trinajstić information content (AvgIpc) is 2.59. The Bertz CT molecular complexity index is 1040. The van der Waals surface area contributed by atoms with Crippen LogP contribution in [-0.4, -0.2) is 0 Å². The first-order chi connectivity index (χ1) is 12.0. The van der Waals surface area contributed by atoms with Gasteiger partial charge in [0.1, 0.15) is 11.5 Å². The molecule has 0 aliphatic heterocycles. The van der Waals surface area contributed by atoms with Gasteiger partial charge in [-0.2, -0.15) is 0 Å². The second-order valence-corrected chi connectivity index (χ2v) is 7.52. The largest absolute Gasteiger partial charge is 0.454 e. The zero-order chi connectivity index (χ0) is 17.6. The van der Waals surface area contributed by atoms with E-state index in [4.69, 9.17) is 16.2 Å². The summed E-state index contributed by atoms with van der Waals surface area (Å²) in [7, 11) is 0. The molecule has 0 aliphatic rings. The molecule has 0 aromatic heterocycles. The van der Waals surface area contributed by atoms with Crippen LogP contribution in [0.15, 0.2) is 69.6 Å². The minimum absolute atomic E-state index is 0.725. The molecule has 4 aromatic rings. The number of halogens is 2. The summed E-state index contributed by atoms with van der Waals surface area (Å²) in [5.74, 6) is 1.50. The molecule has 0 aliphatic carbocycles. The van der Waals surface area contributed by atoms with Gasteiger partial charge in [0.15, 0.2) is 0 Å². The summed E-state index contributed by atoms with van der Waals surface area (Å²) in [4.78, 5) is 0. The van der Waals surface area contributed by atoms with Crippen LogP contribution < -0.4 is 16.2 Å². The van der Waals surface area contributed by atoms with Gasteiger partial charge < -0.3 is 16.2 Å². The highest BCUT2D eigenvalue weighted by molar-refractivity contribution is 9.11. The highest BCUT2D eigenvalue weighted by atomic mass is 79.9. The number of nitrogens with two attached hydrogens (primary N) is 2. The summed E-state index contributed by atoms with van der Waals surface area (Å²) in [5, 5.41) is 4.03. The number of ether oxygens (including phenoxy) is 1. The summed E-state index contributed by atoms with van der Waals surface area (Å²) in [6.07, 6.45) is 0. The van der Waals surface area contributed by atoms with E-state index in [0.29, 0.717) is 0 Å². The Morgan fingerprint density at radius 2 is 1.04 bits per heavy atom. The Kier molecular flexibility index (Phi) is 4.06. The van der Waals surface area contributed by atoms with Crippen molar-refractivity contribution in [1.29, 1.82) is 0 Å². The first-order valence-corrected chi connectivity index (χ1v) is 9.25. The number of anilines is 2. The number of benzene rings is 4. The van der Waals surface area contributed by atoms with Gasteiger partial charge in [0.05, 0.1) is 8.95 Å². The monoisotopic (exact) mass is 456 g/mol. The van der Waals surface area contributed by atoms with Gasteiger partial charge in [0.25, 0.3) is 0 Å². The second-order valence-electron chi connectivity index (χ2n) is 5.82. The molecule has 25 heavy (non-hydrogen) atoms. The van der Waals surface area contributed by atoms with Crippen LogP contribution in [0.5, 0.6) is 11.5 Å². The molecule has 0 spiro atoms. The number of hydrogen-bond donors (Lipinski definition) is 2. The molecule has 0 atom stereocenters. The molecule has 0 bridgehead atoms. The van der Waals surface area contributed by atoms with Gasteiger partial charge in [-0.1, -0.05) is 12.1 Å². The van der Waals surface area contributed by atoms with E-state index in [1.165, 1.54) is 0 Å². The second kappa shape index (κ2) is 6.24. The van der Waals surface area contributed by atoms with E-state index in [1.54, 1.807) is 0 Å². The molecule has 0 radical (unpaired) electrons. The molecule has 5 heteroatoms. The molecule has 4 aromatic carbocycles. The van der Waals surface area contributed by atoms with Crippen molar-refractivity contribution in [2.24, 2.45) is 0 Å². The van der Waals surface area contributed by atoms with Gasteiger partial charge in [-0.15, -0.1) is 0 Å². The predicted octanol–water partition coefficient (Wildman–Crippen LogP) is 6.47. The average molecular weight is 458 g/mol. The maximum absolute atomic E-state index is 6.37. The molecule has 0 amide bonds. The maximum atomic E-state index is 6.37. The van der Waals surface area contributed by atoms with E-state index in [2.05, 4.69) is 31.9 Å². The third kappa shape index (κ3) is 2.94. The SMILES string of the molecule is Nc1ccc2c(Oc3c(Br)ccc4cc(N)ccc34)c(Br)ccc2c1. The standard InChI is InChI=1S/C20H14Br2N2O/c21-17-7-1-11-9-13(23)3-5-15(11)19(17)25-20-16-6-4-14(24)10-12(16)2-8-18(20)22/h1-10H,23-24H2. The van der Waals surface area contributed by atoms with Crippen LogP contribution in [0.4, 0.5) is 11.4 Å². The van der Waals surface area contributed by atoms with E-state index in [9.17, 15) is 0 Å².